The molecule has 1 aliphatic rings. The van der Waals surface area contributed by atoms with Crippen LogP contribution in [0.4, 0.5) is 0 Å². The fourth-order valence-corrected chi connectivity index (χ4v) is 3.19. The quantitative estimate of drug-likeness (QED) is 0.893. The summed E-state index contributed by atoms with van der Waals surface area (Å²) in [4.78, 5) is 12.4. The van der Waals surface area contributed by atoms with E-state index in [2.05, 4.69) is 6.92 Å². The lowest BCUT2D eigenvalue weighted by Crippen LogP contribution is -2.38. The Labute approximate surface area is 108 Å². The fourth-order valence-electron chi connectivity index (χ4n) is 3.19. The average Bonchev–Trinajstić information content (AvgIpc) is 2.86. The first kappa shape index (κ1) is 13.3. The molecule has 0 amide bonds. The molecule has 3 nitrogen and oxygen atoms in total. The van der Waals surface area contributed by atoms with E-state index in [-0.39, 0.29) is 17.6 Å². The first-order valence-corrected chi connectivity index (χ1v) is 6.73. The van der Waals surface area contributed by atoms with Crippen LogP contribution in [0, 0.1) is 17.8 Å². The molecule has 0 saturated heterocycles. The van der Waals surface area contributed by atoms with Crippen LogP contribution in [0.25, 0.3) is 0 Å². The van der Waals surface area contributed by atoms with Crippen molar-refractivity contribution in [3.63, 3.8) is 0 Å². The summed E-state index contributed by atoms with van der Waals surface area (Å²) in [6.45, 7) is 6.13. The molecule has 1 saturated carbocycles. The van der Waals surface area contributed by atoms with Gasteiger partial charge in [0, 0.05) is 12.0 Å². The summed E-state index contributed by atoms with van der Waals surface area (Å²) in [7, 11) is 0. The Kier molecular flexibility index (Phi) is 3.62. The molecule has 1 fully saturated rings. The van der Waals surface area contributed by atoms with Gasteiger partial charge in [0.1, 0.15) is 11.4 Å². The summed E-state index contributed by atoms with van der Waals surface area (Å²) >= 11 is 0. The second-order valence-corrected chi connectivity index (χ2v) is 5.99. The molecular weight excluding hydrogens is 228 g/mol. The van der Waals surface area contributed by atoms with Gasteiger partial charge in [0.05, 0.1) is 18.4 Å². The highest BCUT2D eigenvalue weighted by Gasteiger charge is 2.50. The maximum atomic E-state index is 12.4. The molecule has 0 aliphatic heterocycles. The lowest BCUT2D eigenvalue weighted by atomic mass is 9.77. The second kappa shape index (κ2) is 4.88. The number of Topliss-reactive ketones (excluding diaryl/α,β-unsaturated/α-hetero) is 1. The van der Waals surface area contributed by atoms with E-state index in [9.17, 15) is 9.90 Å². The average molecular weight is 250 g/mol. The molecule has 3 atom stereocenters. The number of aliphatic hydroxyl groups is 1. The highest BCUT2D eigenvalue weighted by Crippen LogP contribution is 2.48. The lowest BCUT2D eigenvalue weighted by Gasteiger charge is -2.30. The second-order valence-electron chi connectivity index (χ2n) is 5.99. The van der Waals surface area contributed by atoms with Crippen molar-refractivity contribution in [2.24, 2.45) is 17.8 Å². The van der Waals surface area contributed by atoms with E-state index in [4.69, 9.17) is 4.42 Å². The molecule has 0 bridgehead atoms. The Balaban J connectivity index is 2.27. The number of ketones is 1. The summed E-state index contributed by atoms with van der Waals surface area (Å²) in [6.07, 6.45) is 5.18. The molecule has 18 heavy (non-hydrogen) atoms. The number of hydrogen-bond donors (Lipinski definition) is 1. The molecule has 1 N–H and O–H groups in total. The topological polar surface area (TPSA) is 50.4 Å². The SMILES string of the molecule is CC(C)CC(=O)[C@@H]1[C@H](C)CC[C@]1(O)c1ccoc1. The van der Waals surface area contributed by atoms with Crippen LogP contribution in [0.1, 0.15) is 45.6 Å². The van der Waals surface area contributed by atoms with E-state index in [0.717, 1.165) is 12.0 Å². The first-order chi connectivity index (χ1) is 8.45. The minimum absolute atomic E-state index is 0.179. The molecule has 3 heteroatoms. The van der Waals surface area contributed by atoms with Gasteiger partial charge in [0.2, 0.25) is 0 Å². The highest BCUT2D eigenvalue weighted by atomic mass is 16.3. The smallest absolute Gasteiger partial charge is 0.139 e. The third-order valence-corrected chi connectivity index (χ3v) is 4.04. The summed E-state index contributed by atoms with van der Waals surface area (Å²) < 4.78 is 5.07. The number of furan rings is 1. The Morgan fingerprint density at radius 1 is 1.61 bits per heavy atom. The molecule has 2 rings (SSSR count). The molecule has 0 spiro atoms. The summed E-state index contributed by atoms with van der Waals surface area (Å²) in [6, 6.07) is 1.77. The van der Waals surface area contributed by atoms with Crippen LogP contribution in [0.3, 0.4) is 0 Å². The zero-order valence-electron chi connectivity index (χ0n) is 11.3. The van der Waals surface area contributed by atoms with Crippen LogP contribution in [-0.4, -0.2) is 10.9 Å². The molecule has 1 aromatic heterocycles. The summed E-state index contributed by atoms with van der Waals surface area (Å²) in [5.41, 5.74) is -0.285. The zero-order chi connectivity index (χ0) is 13.3. The van der Waals surface area contributed by atoms with Gasteiger partial charge in [-0.15, -0.1) is 0 Å². The van der Waals surface area contributed by atoms with E-state index in [1.54, 1.807) is 18.6 Å². The monoisotopic (exact) mass is 250 g/mol. The van der Waals surface area contributed by atoms with E-state index in [1.165, 1.54) is 0 Å². The van der Waals surface area contributed by atoms with Gasteiger partial charge in [0.15, 0.2) is 0 Å². The summed E-state index contributed by atoms with van der Waals surface area (Å²) in [5, 5.41) is 10.9. The molecule has 1 heterocycles. The van der Waals surface area contributed by atoms with Gasteiger partial charge >= 0.3 is 0 Å². The van der Waals surface area contributed by atoms with Crippen LogP contribution in [0.2, 0.25) is 0 Å². The van der Waals surface area contributed by atoms with Crippen LogP contribution < -0.4 is 0 Å². The van der Waals surface area contributed by atoms with Gasteiger partial charge in [0.25, 0.3) is 0 Å². The summed E-state index contributed by atoms with van der Waals surface area (Å²) in [5.74, 6) is 0.450. The van der Waals surface area contributed by atoms with Crippen molar-refractivity contribution in [1.82, 2.24) is 0 Å². The normalized spacial score (nSPS) is 32.1. The number of carbonyl (C=O) groups is 1. The largest absolute Gasteiger partial charge is 0.472 e. The predicted molar refractivity (Wildman–Crippen MR) is 69.0 cm³/mol. The van der Waals surface area contributed by atoms with Gasteiger partial charge in [-0.25, -0.2) is 0 Å². The first-order valence-electron chi connectivity index (χ1n) is 6.73. The molecule has 0 unspecified atom stereocenters. The van der Waals surface area contributed by atoms with Crippen molar-refractivity contribution in [3.05, 3.63) is 24.2 Å². The minimum atomic E-state index is -1.03. The van der Waals surface area contributed by atoms with Crippen LogP contribution in [-0.2, 0) is 10.4 Å². The van der Waals surface area contributed by atoms with Gasteiger partial charge in [-0.2, -0.15) is 0 Å². The van der Waals surface area contributed by atoms with E-state index in [1.807, 2.05) is 13.8 Å². The zero-order valence-corrected chi connectivity index (χ0v) is 11.3. The highest BCUT2D eigenvalue weighted by molar-refractivity contribution is 5.83. The molecule has 0 radical (unpaired) electrons. The van der Waals surface area contributed by atoms with Crippen LogP contribution >= 0.6 is 0 Å². The Morgan fingerprint density at radius 2 is 2.33 bits per heavy atom. The van der Waals surface area contributed by atoms with Crippen molar-refractivity contribution in [2.45, 2.75) is 45.6 Å². The van der Waals surface area contributed by atoms with Crippen molar-refractivity contribution >= 4 is 5.78 Å². The van der Waals surface area contributed by atoms with Gasteiger partial charge < -0.3 is 9.52 Å². The van der Waals surface area contributed by atoms with Crippen LogP contribution in [0.15, 0.2) is 23.0 Å². The molecule has 0 aromatic carbocycles. The van der Waals surface area contributed by atoms with Gasteiger partial charge in [-0.3, -0.25) is 4.79 Å². The number of rotatable bonds is 4. The Morgan fingerprint density at radius 3 is 2.89 bits per heavy atom. The van der Waals surface area contributed by atoms with Crippen molar-refractivity contribution in [1.29, 1.82) is 0 Å². The molecule has 1 aliphatic carbocycles. The Hall–Kier alpha value is -1.09. The number of carbonyl (C=O) groups excluding carboxylic acids is 1. The van der Waals surface area contributed by atoms with E-state index >= 15 is 0 Å². The third kappa shape index (κ3) is 2.24. The standard InChI is InChI=1S/C15H22O3/c1-10(2)8-13(16)14-11(3)4-6-15(14,17)12-5-7-18-9-12/h5,7,9-11,14,17H,4,6,8H2,1-3H3/t11-,14+,15+/m1/s1. The van der Waals surface area contributed by atoms with Crippen molar-refractivity contribution < 1.29 is 14.3 Å². The van der Waals surface area contributed by atoms with Crippen molar-refractivity contribution in [2.75, 3.05) is 0 Å². The molecular formula is C15H22O3. The maximum Gasteiger partial charge on any atom is 0.139 e. The molecule has 1 aromatic rings. The molecule has 100 valence electrons. The minimum Gasteiger partial charge on any atom is -0.472 e. The van der Waals surface area contributed by atoms with Crippen molar-refractivity contribution in [3.8, 4) is 0 Å². The van der Waals surface area contributed by atoms with E-state index < -0.39 is 5.60 Å². The number of hydrogen-bond acceptors (Lipinski definition) is 3. The third-order valence-electron chi connectivity index (χ3n) is 4.04. The maximum absolute atomic E-state index is 12.4. The van der Waals surface area contributed by atoms with Crippen LogP contribution in [0.5, 0.6) is 0 Å². The predicted octanol–water partition coefficient (Wildman–Crippen LogP) is 3.13. The van der Waals surface area contributed by atoms with Gasteiger partial charge in [-0.1, -0.05) is 20.8 Å². The fraction of sp³-hybridized carbons (Fsp3) is 0.667. The lowest BCUT2D eigenvalue weighted by molar-refractivity contribution is -0.133. The van der Waals surface area contributed by atoms with E-state index in [0.29, 0.717) is 18.8 Å². The van der Waals surface area contributed by atoms with Gasteiger partial charge in [-0.05, 0) is 30.7 Å². The Bertz CT molecular complexity index is 407.